The Bertz CT molecular complexity index is 3830. The Morgan fingerprint density at radius 3 is 1.27 bits per heavy atom. The fourth-order valence-electron chi connectivity index (χ4n) is 12.7. The van der Waals surface area contributed by atoms with Crippen LogP contribution in [-0.2, 0) is 76.5 Å². The highest BCUT2D eigenvalue weighted by molar-refractivity contribution is 5.95. The first-order valence-corrected chi connectivity index (χ1v) is 32.2. The highest BCUT2D eigenvalue weighted by Crippen LogP contribution is 2.43. The zero-order valence-corrected chi connectivity index (χ0v) is 57.7. The standard InChI is InChI=1S/C24H28F4N4O3.C19H20F4N4O.C12H13F4N.C11H17N3O2.CO2.2ClH.H2/c1-23(2,3)35-22(34)32-11-8-16-19(13-32)29-30-20(16)21(33)31-9-6-14(7-10-31)17-12-15(25)4-5-18(17)24(26,27)28;20-12-1-2-15(19(21,22)23)14(9-12)11-4-7-27(8-5-11)18(28)17-13-3-6-24-10-16(13)25-26-17;13-9-1-2-11(12(14,15)16)10(7-9)8-3-5-17-6-4-8;1-11(2,3)16-10(15)14-5-4-8-6-12-13-9(8)7-14;2-1-3;;;/h4-5,12,14H,6-11,13H2,1-3H3,(H,29,30);1-2,9,11,24H,3-8,10H2,(H,25,26);1-2,7-8,17H,3-6H2;6H,4-5,7H2,1-3H3,(H,12,13);;3*1H. The minimum absolute atomic E-state index is 0. The fraction of sp³-hybridized carbons (Fsp3) is 0.522. The number of hydrogen-bond acceptors (Lipinski definition) is 13. The summed E-state index contributed by atoms with van der Waals surface area (Å²) in [5, 5.41) is 27.2. The zero-order valence-electron chi connectivity index (χ0n) is 56.1. The Kier molecular flexibility index (Phi) is 28.1. The molecule has 4 amide bonds. The molecule has 0 saturated carbocycles. The van der Waals surface area contributed by atoms with E-state index in [2.05, 4.69) is 41.2 Å². The molecule has 556 valence electrons. The van der Waals surface area contributed by atoms with E-state index in [1.54, 1.807) is 40.4 Å². The van der Waals surface area contributed by atoms with Gasteiger partial charge in [-0.05, 0) is 214 Å². The van der Waals surface area contributed by atoms with Gasteiger partial charge in [-0.15, -0.1) is 24.8 Å². The van der Waals surface area contributed by atoms with Gasteiger partial charge in [0.25, 0.3) is 11.8 Å². The third-order valence-electron chi connectivity index (χ3n) is 17.4. The Morgan fingerprint density at radius 2 is 0.861 bits per heavy atom. The number of ether oxygens (including phenoxy) is 2. The van der Waals surface area contributed by atoms with Crippen molar-refractivity contribution in [3.8, 4) is 0 Å². The van der Waals surface area contributed by atoms with Gasteiger partial charge in [-0.1, -0.05) is 0 Å². The number of likely N-dealkylation sites (tertiary alicyclic amines) is 2. The average molecular weight is 1480 g/mol. The van der Waals surface area contributed by atoms with Crippen molar-refractivity contribution in [1.29, 1.82) is 0 Å². The van der Waals surface area contributed by atoms with Gasteiger partial charge in [0.15, 0.2) is 11.4 Å². The van der Waals surface area contributed by atoms with Crippen LogP contribution in [0.4, 0.5) is 62.3 Å². The smallest absolute Gasteiger partial charge is 0.416 e. The molecule has 0 atom stereocenters. The number of carbonyl (C=O) groups is 4. The number of carbonyl (C=O) groups excluding carboxylic acids is 6. The summed E-state index contributed by atoms with van der Waals surface area (Å²) < 4.78 is 170. The zero-order chi connectivity index (χ0) is 72.4. The molecule has 6 aromatic rings. The molecule has 0 spiro atoms. The van der Waals surface area contributed by atoms with Crippen molar-refractivity contribution in [2.45, 2.75) is 166 Å². The van der Waals surface area contributed by atoms with E-state index in [1.165, 1.54) is 5.56 Å². The normalized spacial score (nSPS) is 16.7. The molecule has 3 saturated heterocycles. The molecule has 9 heterocycles. The van der Waals surface area contributed by atoms with Gasteiger partial charge in [0.1, 0.15) is 28.7 Å². The van der Waals surface area contributed by atoms with E-state index in [4.69, 9.17) is 19.1 Å². The number of aromatic nitrogens is 6. The van der Waals surface area contributed by atoms with E-state index < -0.39 is 81.8 Å². The third kappa shape index (κ3) is 21.9. The molecule has 5 N–H and O–H groups in total. The molecule has 3 aromatic carbocycles. The number of piperidine rings is 3. The van der Waals surface area contributed by atoms with Gasteiger partial charge < -0.3 is 39.7 Å². The number of rotatable bonds is 5. The molecule has 3 aromatic heterocycles. The van der Waals surface area contributed by atoms with Gasteiger partial charge in [-0.2, -0.15) is 64.4 Å². The van der Waals surface area contributed by atoms with Crippen LogP contribution in [0.5, 0.6) is 0 Å². The largest absolute Gasteiger partial charge is 0.444 e. The topological polar surface area (TPSA) is 244 Å². The van der Waals surface area contributed by atoms with E-state index in [1.807, 2.05) is 27.0 Å². The van der Waals surface area contributed by atoms with Crippen LogP contribution < -0.4 is 10.6 Å². The third-order valence-corrected chi connectivity index (χ3v) is 17.4. The lowest BCUT2D eigenvalue weighted by Gasteiger charge is -2.33. The molecule has 0 aliphatic carbocycles. The summed E-state index contributed by atoms with van der Waals surface area (Å²) in [6, 6.07) is 7.88. The van der Waals surface area contributed by atoms with Gasteiger partial charge in [0, 0.05) is 58.4 Å². The molecule has 0 radical (unpaired) electrons. The number of H-pyrrole nitrogens is 3. The first kappa shape index (κ1) is 81.8. The molecule has 12 rings (SSSR count). The fourth-order valence-corrected chi connectivity index (χ4v) is 12.7. The Labute approximate surface area is 588 Å². The summed E-state index contributed by atoms with van der Waals surface area (Å²) in [5.41, 5.74) is 2.70. The Morgan fingerprint density at radius 1 is 0.485 bits per heavy atom. The van der Waals surface area contributed by atoms with Crippen molar-refractivity contribution < 1.29 is 92.4 Å². The molecule has 0 bridgehead atoms. The van der Waals surface area contributed by atoms with E-state index in [0.29, 0.717) is 102 Å². The molecular weight excluding hydrogens is 1400 g/mol. The molecule has 6 aliphatic rings. The predicted molar refractivity (Wildman–Crippen MR) is 348 cm³/mol. The van der Waals surface area contributed by atoms with Gasteiger partial charge in [0.2, 0.25) is 0 Å². The number of nitrogens with one attached hydrogen (secondary N) is 5. The number of hydrogen-bond donors (Lipinski definition) is 5. The van der Waals surface area contributed by atoms with E-state index in [9.17, 15) is 71.9 Å². The molecule has 6 aliphatic heterocycles. The molecule has 3 fully saturated rings. The lowest BCUT2D eigenvalue weighted by Crippen LogP contribution is -2.41. The molecular formula is C67H82Cl2F12N12O8. The summed E-state index contributed by atoms with van der Waals surface area (Å²) in [5.74, 6) is -3.64. The highest BCUT2D eigenvalue weighted by Gasteiger charge is 2.41. The maximum absolute atomic E-state index is 13.7. The summed E-state index contributed by atoms with van der Waals surface area (Å²) in [6.07, 6.45) is -7.64. The van der Waals surface area contributed by atoms with E-state index >= 15 is 0 Å². The van der Waals surface area contributed by atoms with Crippen LogP contribution in [0.3, 0.4) is 0 Å². The van der Waals surface area contributed by atoms with Crippen molar-refractivity contribution in [2.75, 3.05) is 58.9 Å². The second kappa shape index (κ2) is 34.7. The number of halogens is 14. The van der Waals surface area contributed by atoms with Crippen molar-refractivity contribution in [2.24, 2.45) is 0 Å². The summed E-state index contributed by atoms with van der Waals surface area (Å²) >= 11 is 0. The number of amides is 4. The van der Waals surface area contributed by atoms with Crippen molar-refractivity contribution in [3.05, 3.63) is 157 Å². The number of alkyl halides is 9. The van der Waals surface area contributed by atoms with Gasteiger partial charge in [0.05, 0.1) is 53.1 Å². The highest BCUT2D eigenvalue weighted by atomic mass is 35.5. The van der Waals surface area contributed by atoms with Crippen LogP contribution in [-0.4, -0.2) is 150 Å². The van der Waals surface area contributed by atoms with Crippen LogP contribution in [0.2, 0.25) is 0 Å². The van der Waals surface area contributed by atoms with Crippen LogP contribution >= 0.6 is 24.8 Å². The van der Waals surface area contributed by atoms with Crippen LogP contribution in [0, 0.1) is 17.5 Å². The molecule has 0 unspecified atom stereocenters. The van der Waals surface area contributed by atoms with Crippen molar-refractivity contribution in [3.63, 3.8) is 0 Å². The summed E-state index contributed by atoms with van der Waals surface area (Å²) in [7, 11) is 0. The maximum Gasteiger partial charge on any atom is 0.416 e. The van der Waals surface area contributed by atoms with Gasteiger partial charge >= 0.3 is 36.9 Å². The summed E-state index contributed by atoms with van der Waals surface area (Å²) in [4.78, 5) is 72.9. The molecule has 20 nitrogen and oxygen atoms in total. The van der Waals surface area contributed by atoms with Crippen LogP contribution in [0.1, 0.15) is 187 Å². The van der Waals surface area contributed by atoms with Crippen LogP contribution in [0.25, 0.3) is 0 Å². The van der Waals surface area contributed by atoms with E-state index in [-0.39, 0.29) is 111 Å². The Balaban J connectivity index is 0.000000250. The van der Waals surface area contributed by atoms with E-state index in [0.717, 1.165) is 90.1 Å². The lowest BCUT2D eigenvalue weighted by atomic mass is 9.86. The summed E-state index contributed by atoms with van der Waals surface area (Å²) in [6.45, 7) is 16.7. The first-order chi connectivity index (χ1) is 46.5. The van der Waals surface area contributed by atoms with Crippen LogP contribution in [0.15, 0.2) is 60.8 Å². The van der Waals surface area contributed by atoms with Gasteiger partial charge in [-0.25, -0.2) is 22.8 Å². The quantitative estimate of drug-likeness (QED) is 0.101. The number of fused-ring (bicyclic) bond motifs is 3. The van der Waals surface area contributed by atoms with Gasteiger partial charge in [-0.3, -0.25) is 24.9 Å². The number of aromatic amines is 3. The average Bonchev–Trinajstić information content (AvgIpc) is 0.996. The predicted octanol–water partition coefficient (Wildman–Crippen LogP) is 13.6. The monoisotopic (exact) mass is 1480 g/mol. The van der Waals surface area contributed by atoms with Crippen molar-refractivity contribution in [1.82, 2.24) is 60.8 Å². The second-order valence-corrected chi connectivity index (χ2v) is 26.6. The molecule has 101 heavy (non-hydrogen) atoms. The number of benzene rings is 3. The first-order valence-electron chi connectivity index (χ1n) is 32.2. The lowest BCUT2D eigenvalue weighted by molar-refractivity contribution is -0.191. The number of nitrogens with zero attached hydrogens (tertiary/aromatic N) is 7. The maximum atomic E-state index is 13.7. The van der Waals surface area contributed by atoms with Crippen molar-refractivity contribution >= 4 is 55.0 Å². The second-order valence-electron chi connectivity index (χ2n) is 26.6. The minimum Gasteiger partial charge on any atom is -0.444 e. The minimum atomic E-state index is -4.57. The molecule has 34 heteroatoms. The SMILES string of the molecule is CC(C)(C)OC(=O)N1CCc2c(C(=O)N3CCC(c4cc(F)ccc4C(F)(F)F)CC3)n[nH]c2C1.CC(C)(C)OC(=O)N1CCc2cn[nH]c2C1.Cl.Cl.Fc1ccc(C(F)(F)F)c(C2CCNCC2)c1.O=C(c1n[nH]c2c1CCNC2)N1CCC(c2cc(F)ccc2C(F)(F)F)CC1.O=C=O.[HH]. The Hall–Kier alpha value is -8.19.